The molecule has 4 heteroatoms. The molecule has 0 saturated heterocycles. The molecule has 3 rings (SSSR count). The summed E-state index contributed by atoms with van der Waals surface area (Å²) in [5, 5.41) is 5.68. The Morgan fingerprint density at radius 1 is 1.56 bits per heavy atom. The number of rotatable bonds is 6. The van der Waals surface area contributed by atoms with Gasteiger partial charge in [-0.3, -0.25) is 0 Å². The highest BCUT2D eigenvalue weighted by molar-refractivity contribution is 7.10. The van der Waals surface area contributed by atoms with Crippen LogP contribution in [0.5, 0.6) is 0 Å². The van der Waals surface area contributed by atoms with E-state index >= 15 is 0 Å². The molecule has 0 aliphatic heterocycles. The van der Waals surface area contributed by atoms with Gasteiger partial charge in [0, 0.05) is 23.3 Å². The second-order valence-corrected chi connectivity index (χ2v) is 5.88. The maximum atomic E-state index is 4.47. The first-order valence-corrected chi connectivity index (χ1v) is 7.59. The molecule has 3 nitrogen and oxygen atoms in total. The minimum Gasteiger partial charge on any atom is -0.353 e. The van der Waals surface area contributed by atoms with Gasteiger partial charge in [0.15, 0.2) is 0 Å². The molecule has 1 aliphatic carbocycles. The zero-order valence-electron chi connectivity index (χ0n) is 10.7. The van der Waals surface area contributed by atoms with Crippen molar-refractivity contribution in [3.05, 3.63) is 34.8 Å². The number of hydrogen-bond acceptors (Lipinski definition) is 3. The van der Waals surface area contributed by atoms with Crippen LogP contribution < -0.4 is 5.32 Å². The summed E-state index contributed by atoms with van der Waals surface area (Å²) in [5.41, 5.74) is 0. The summed E-state index contributed by atoms with van der Waals surface area (Å²) in [6.45, 7) is 2.24. The quantitative estimate of drug-likeness (QED) is 0.854. The Balaban J connectivity index is 1.87. The van der Waals surface area contributed by atoms with E-state index in [-0.39, 0.29) is 0 Å². The Bertz CT molecular complexity index is 485. The lowest BCUT2D eigenvalue weighted by molar-refractivity contribution is 0.545. The Morgan fingerprint density at radius 3 is 3.11 bits per heavy atom. The third-order valence-electron chi connectivity index (χ3n) is 3.35. The Labute approximate surface area is 112 Å². The lowest BCUT2D eigenvalue weighted by atomic mass is 10.1. The highest BCUT2D eigenvalue weighted by Gasteiger charge is 2.24. The number of aromatic nitrogens is 2. The van der Waals surface area contributed by atoms with Gasteiger partial charge in [0.25, 0.3) is 0 Å². The van der Waals surface area contributed by atoms with Gasteiger partial charge in [-0.1, -0.05) is 19.4 Å². The highest BCUT2D eigenvalue weighted by Crippen LogP contribution is 2.31. The number of imidazole rings is 1. The van der Waals surface area contributed by atoms with Crippen molar-refractivity contribution in [2.75, 3.05) is 5.32 Å². The fraction of sp³-hybridized carbons (Fsp3) is 0.500. The van der Waals surface area contributed by atoms with Crippen LogP contribution in [0.3, 0.4) is 0 Å². The zero-order valence-corrected chi connectivity index (χ0v) is 11.5. The largest absolute Gasteiger partial charge is 0.353 e. The summed E-state index contributed by atoms with van der Waals surface area (Å²) in [5.74, 6) is 1.03. The standard InChI is InChI=1S/C14H19N3S/c1-2-4-12(13-5-3-10-18-13)17-9-8-15-14(17)16-11-6-7-11/h3,5,8-12H,2,4,6-7H2,1H3,(H,15,16). The van der Waals surface area contributed by atoms with E-state index in [0.29, 0.717) is 12.1 Å². The van der Waals surface area contributed by atoms with Crippen LogP contribution >= 0.6 is 11.3 Å². The van der Waals surface area contributed by atoms with Crippen LogP contribution in [0.15, 0.2) is 29.9 Å². The third kappa shape index (κ3) is 2.43. The molecule has 1 fully saturated rings. The number of thiophene rings is 1. The molecule has 0 bridgehead atoms. The van der Waals surface area contributed by atoms with E-state index in [1.807, 2.05) is 17.5 Å². The average molecular weight is 261 g/mol. The maximum Gasteiger partial charge on any atom is 0.203 e. The molecule has 0 aromatic carbocycles. The van der Waals surface area contributed by atoms with Gasteiger partial charge in [-0.2, -0.15) is 0 Å². The number of nitrogens with one attached hydrogen (secondary N) is 1. The number of hydrogen-bond donors (Lipinski definition) is 1. The van der Waals surface area contributed by atoms with Crippen LogP contribution in [-0.4, -0.2) is 15.6 Å². The molecule has 0 radical (unpaired) electrons. The Kier molecular flexibility index (Phi) is 3.37. The SMILES string of the molecule is CCCC(c1cccs1)n1ccnc1NC1CC1. The van der Waals surface area contributed by atoms with E-state index in [1.54, 1.807) is 0 Å². The third-order valence-corrected chi connectivity index (χ3v) is 4.32. The van der Waals surface area contributed by atoms with E-state index in [1.165, 1.54) is 24.1 Å². The summed E-state index contributed by atoms with van der Waals surface area (Å²) in [6, 6.07) is 5.44. The first-order chi connectivity index (χ1) is 8.88. The molecule has 1 aliphatic rings. The van der Waals surface area contributed by atoms with Crippen molar-refractivity contribution in [3.63, 3.8) is 0 Å². The zero-order chi connectivity index (χ0) is 12.4. The molecule has 1 unspecified atom stereocenters. The molecule has 1 atom stereocenters. The first-order valence-electron chi connectivity index (χ1n) is 6.71. The normalized spacial score (nSPS) is 16.7. The minimum atomic E-state index is 0.429. The second kappa shape index (κ2) is 5.14. The van der Waals surface area contributed by atoms with Crippen LogP contribution in [0.2, 0.25) is 0 Å². The Hall–Kier alpha value is -1.29. The molecule has 18 heavy (non-hydrogen) atoms. The van der Waals surface area contributed by atoms with E-state index < -0.39 is 0 Å². The Morgan fingerprint density at radius 2 is 2.44 bits per heavy atom. The van der Waals surface area contributed by atoms with Crippen LogP contribution in [0.1, 0.15) is 43.5 Å². The molecular weight excluding hydrogens is 242 g/mol. The second-order valence-electron chi connectivity index (χ2n) is 4.90. The fourth-order valence-electron chi connectivity index (χ4n) is 2.26. The van der Waals surface area contributed by atoms with Crippen LogP contribution in [0.4, 0.5) is 5.95 Å². The molecule has 2 aromatic rings. The molecule has 2 heterocycles. The molecule has 2 aromatic heterocycles. The molecule has 96 valence electrons. The van der Waals surface area contributed by atoms with Crippen molar-refractivity contribution in [3.8, 4) is 0 Å². The van der Waals surface area contributed by atoms with Crippen LogP contribution in [-0.2, 0) is 0 Å². The first kappa shape index (κ1) is 11.8. The average Bonchev–Trinajstić information content (AvgIpc) is 2.87. The van der Waals surface area contributed by atoms with Gasteiger partial charge in [0.1, 0.15) is 0 Å². The van der Waals surface area contributed by atoms with Crippen molar-refractivity contribution in [2.24, 2.45) is 0 Å². The summed E-state index contributed by atoms with van der Waals surface area (Å²) < 4.78 is 2.30. The highest BCUT2D eigenvalue weighted by atomic mass is 32.1. The summed E-state index contributed by atoms with van der Waals surface area (Å²) in [7, 11) is 0. The monoisotopic (exact) mass is 261 g/mol. The predicted octanol–water partition coefficient (Wildman–Crippen LogP) is 3.91. The summed E-state index contributed by atoms with van der Waals surface area (Å²) in [4.78, 5) is 5.89. The van der Waals surface area contributed by atoms with Gasteiger partial charge in [0.05, 0.1) is 6.04 Å². The molecule has 1 N–H and O–H groups in total. The van der Waals surface area contributed by atoms with E-state index in [0.717, 1.165) is 12.4 Å². The van der Waals surface area contributed by atoms with Gasteiger partial charge < -0.3 is 9.88 Å². The lowest BCUT2D eigenvalue weighted by Gasteiger charge is -2.19. The summed E-state index contributed by atoms with van der Waals surface area (Å²) >= 11 is 1.84. The van der Waals surface area contributed by atoms with Crippen molar-refractivity contribution < 1.29 is 0 Å². The van der Waals surface area contributed by atoms with Crippen molar-refractivity contribution >= 4 is 17.3 Å². The van der Waals surface area contributed by atoms with E-state index in [4.69, 9.17) is 0 Å². The topological polar surface area (TPSA) is 29.9 Å². The van der Waals surface area contributed by atoms with E-state index in [9.17, 15) is 0 Å². The van der Waals surface area contributed by atoms with Gasteiger partial charge in [-0.25, -0.2) is 4.98 Å². The molecule has 1 saturated carbocycles. The van der Waals surface area contributed by atoms with Crippen molar-refractivity contribution in [2.45, 2.75) is 44.7 Å². The lowest BCUT2D eigenvalue weighted by Crippen LogP contribution is -2.14. The van der Waals surface area contributed by atoms with Crippen molar-refractivity contribution in [1.29, 1.82) is 0 Å². The van der Waals surface area contributed by atoms with Gasteiger partial charge in [-0.15, -0.1) is 11.3 Å². The van der Waals surface area contributed by atoms with Crippen LogP contribution in [0, 0.1) is 0 Å². The summed E-state index contributed by atoms with van der Waals surface area (Å²) in [6.07, 6.45) is 8.92. The van der Waals surface area contributed by atoms with Gasteiger partial charge in [-0.05, 0) is 30.7 Å². The van der Waals surface area contributed by atoms with Crippen molar-refractivity contribution in [1.82, 2.24) is 9.55 Å². The molecule has 0 spiro atoms. The predicted molar refractivity (Wildman–Crippen MR) is 76.2 cm³/mol. The smallest absolute Gasteiger partial charge is 0.203 e. The number of nitrogens with zero attached hydrogens (tertiary/aromatic N) is 2. The minimum absolute atomic E-state index is 0.429. The van der Waals surface area contributed by atoms with E-state index in [2.05, 4.69) is 45.5 Å². The molecular formula is C14H19N3S. The maximum absolute atomic E-state index is 4.47. The van der Waals surface area contributed by atoms with Gasteiger partial charge >= 0.3 is 0 Å². The fourth-order valence-corrected chi connectivity index (χ4v) is 3.12. The van der Waals surface area contributed by atoms with Crippen LogP contribution in [0.25, 0.3) is 0 Å². The molecule has 0 amide bonds. The van der Waals surface area contributed by atoms with Gasteiger partial charge in [0.2, 0.25) is 5.95 Å². The number of anilines is 1.